The molecule has 0 spiro atoms. The molecule has 7 nitrogen and oxygen atoms in total. The van der Waals surface area contributed by atoms with Gasteiger partial charge < -0.3 is 9.30 Å². The Morgan fingerprint density at radius 1 is 1.28 bits per heavy atom. The maximum atomic E-state index is 13.2. The number of methoxy groups -OCH3 is 1. The minimum atomic E-state index is -3.78. The molecule has 2 aromatic carbocycles. The van der Waals surface area contributed by atoms with E-state index in [1.165, 1.54) is 15.6 Å². The molecule has 0 aliphatic carbocycles. The zero-order valence-corrected chi connectivity index (χ0v) is 19.7. The maximum absolute atomic E-state index is 13.2. The molecule has 1 aliphatic heterocycles. The smallest absolute Gasteiger partial charge is 0.266 e. The number of fused-ring (bicyclic) bond motifs is 1. The Labute approximate surface area is 191 Å². The first-order valence-electron chi connectivity index (χ1n) is 10.3. The molecule has 1 atom stereocenters. The van der Waals surface area contributed by atoms with Crippen LogP contribution in [0.2, 0.25) is 0 Å². The van der Waals surface area contributed by atoms with Gasteiger partial charge in [-0.25, -0.2) is 8.42 Å². The van der Waals surface area contributed by atoms with Crippen LogP contribution in [-0.2, 0) is 21.4 Å². The normalized spacial score (nSPS) is 17.7. The summed E-state index contributed by atoms with van der Waals surface area (Å²) in [5, 5.41) is 0. The second-order valence-corrected chi connectivity index (χ2v) is 10.6. The van der Waals surface area contributed by atoms with Gasteiger partial charge in [0.1, 0.15) is 11.8 Å². The van der Waals surface area contributed by atoms with E-state index >= 15 is 0 Å². The van der Waals surface area contributed by atoms with E-state index in [1.807, 2.05) is 29.7 Å². The summed E-state index contributed by atoms with van der Waals surface area (Å²) in [6.07, 6.45) is 2.81. The van der Waals surface area contributed by atoms with Crippen molar-refractivity contribution in [3.8, 4) is 5.75 Å². The van der Waals surface area contributed by atoms with Crippen LogP contribution >= 0.6 is 11.3 Å². The average molecular weight is 472 g/mol. The third-order valence-corrected chi connectivity index (χ3v) is 8.49. The van der Waals surface area contributed by atoms with Crippen molar-refractivity contribution >= 4 is 37.5 Å². The van der Waals surface area contributed by atoms with Crippen LogP contribution in [0.25, 0.3) is 10.2 Å². The number of amides is 1. The molecular formula is C23H25N3O4S2. The lowest BCUT2D eigenvalue weighted by atomic mass is 10.2. The lowest BCUT2D eigenvalue weighted by Gasteiger charge is -2.21. The van der Waals surface area contributed by atoms with E-state index in [4.69, 9.17) is 4.74 Å². The molecule has 1 aromatic heterocycles. The summed E-state index contributed by atoms with van der Waals surface area (Å²) in [4.78, 5) is 18.3. The van der Waals surface area contributed by atoms with Crippen molar-refractivity contribution in [2.45, 2.75) is 37.2 Å². The number of thiazole rings is 1. The van der Waals surface area contributed by atoms with Gasteiger partial charge in [0.25, 0.3) is 5.91 Å². The van der Waals surface area contributed by atoms with Crippen LogP contribution in [0.15, 0.2) is 65.0 Å². The lowest BCUT2D eigenvalue weighted by molar-refractivity contribution is -0.121. The van der Waals surface area contributed by atoms with Crippen molar-refractivity contribution in [1.82, 2.24) is 8.87 Å². The van der Waals surface area contributed by atoms with Crippen LogP contribution in [-0.4, -0.2) is 42.9 Å². The summed E-state index contributed by atoms with van der Waals surface area (Å²) in [5.74, 6) is 0.267. The summed E-state index contributed by atoms with van der Waals surface area (Å²) in [7, 11) is -2.18. The Hall–Kier alpha value is -2.75. The van der Waals surface area contributed by atoms with E-state index in [1.54, 1.807) is 37.5 Å². The fraction of sp³-hybridized carbons (Fsp3) is 0.304. The van der Waals surface area contributed by atoms with Gasteiger partial charge in [-0.2, -0.15) is 9.30 Å². The van der Waals surface area contributed by atoms with Gasteiger partial charge >= 0.3 is 0 Å². The number of rotatable bonds is 6. The second kappa shape index (κ2) is 9.01. The minimum Gasteiger partial charge on any atom is -0.497 e. The van der Waals surface area contributed by atoms with E-state index in [2.05, 4.69) is 11.6 Å². The Morgan fingerprint density at radius 2 is 2.03 bits per heavy atom. The summed E-state index contributed by atoms with van der Waals surface area (Å²) < 4.78 is 35.8. The molecule has 0 radical (unpaired) electrons. The second-order valence-electron chi connectivity index (χ2n) is 7.65. The van der Waals surface area contributed by atoms with Gasteiger partial charge in [0, 0.05) is 13.1 Å². The Kier molecular flexibility index (Phi) is 6.32. The molecule has 32 heavy (non-hydrogen) atoms. The number of aromatic nitrogens is 1. The molecular weight excluding hydrogens is 446 g/mol. The van der Waals surface area contributed by atoms with Crippen LogP contribution in [0, 0.1) is 6.92 Å². The number of ether oxygens (including phenoxy) is 1. The molecule has 1 fully saturated rings. The van der Waals surface area contributed by atoms with Crippen LogP contribution in [0.5, 0.6) is 5.75 Å². The number of hydrogen-bond donors (Lipinski definition) is 0. The maximum Gasteiger partial charge on any atom is 0.266 e. The number of sulfonamides is 1. The fourth-order valence-electron chi connectivity index (χ4n) is 3.86. The van der Waals surface area contributed by atoms with E-state index in [0.29, 0.717) is 36.5 Å². The number of benzene rings is 2. The predicted octanol–water partition coefficient (Wildman–Crippen LogP) is 3.49. The summed E-state index contributed by atoms with van der Waals surface area (Å²) >= 11 is 1.37. The molecule has 1 saturated heterocycles. The number of carbonyl (C=O) groups excluding carboxylic acids is 1. The Bertz CT molecular complexity index is 1340. The molecule has 3 aromatic rings. The standard InChI is InChI=1S/C23H25N3O4S2/c1-4-13-25-19-12-9-17(30-3)15-21(19)31-23(25)24-22(27)20-6-5-14-26(20)32(28,29)18-10-7-16(2)8-11-18/h4,7-12,15,20H,1,5-6,13-14H2,2-3H3. The van der Waals surface area contributed by atoms with E-state index in [-0.39, 0.29) is 4.90 Å². The van der Waals surface area contributed by atoms with Crippen molar-refractivity contribution in [2.24, 2.45) is 4.99 Å². The molecule has 0 N–H and O–H groups in total. The van der Waals surface area contributed by atoms with Crippen molar-refractivity contribution in [2.75, 3.05) is 13.7 Å². The molecule has 1 amide bonds. The summed E-state index contributed by atoms with van der Waals surface area (Å²) in [5.41, 5.74) is 1.89. The molecule has 0 bridgehead atoms. The van der Waals surface area contributed by atoms with Crippen LogP contribution in [0.4, 0.5) is 0 Å². The highest BCUT2D eigenvalue weighted by Crippen LogP contribution is 2.28. The van der Waals surface area contributed by atoms with Gasteiger partial charge in [0.15, 0.2) is 4.80 Å². The number of hydrogen-bond acceptors (Lipinski definition) is 5. The Morgan fingerprint density at radius 3 is 2.72 bits per heavy atom. The molecule has 1 aliphatic rings. The minimum absolute atomic E-state index is 0.193. The molecule has 168 valence electrons. The predicted molar refractivity (Wildman–Crippen MR) is 125 cm³/mol. The van der Waals surface area contributed by atoms with E-state index in [9.17, 15) is 13.2 Å². The third-order valence-electron chi connectivity index (χ3n) is 5.52. The highest BCUT2D eigenvalue weighted by molar-refractivity contribution is 7.89. The van der Waals surface area contributed by atoms with Gasteiger partial charge in [-0.15, -0.1) is 6.58 Å². The average Bonchev–Trinajstić information content (AvgIpc) is 3.40. The molecule has 9 heteroatoms. The van der Waals surface area contributed by atoms with Gasteiger partial charge in [-0.3, -0.25) is 4.79 Å². The monoisotopic (exact) mass is 471 g/mol. The van der Waals surface area contributed by atoms with E-state index in [0.717, 1.165) is 15.8 Å². The zero-order valence-electron chi connectivity index (χ0n) is 18.0. The van der Waals surface area contributed by atoms with Crippen molar-refractivity contribution in [3.63, 3.8) is 0 Å². The molecule has 4 rings (SSSR count). The quantitative estimate of drug-likeness (QED) is 0.516. The highest BCUT2D eigenvalue weighted by atomic mass is 32.2. The SMILES string of the molecule is C=CCn1c(=NC(=O)C2CCCN2S(=O)(=O)c2ccc(C)cc2)sc2cc(OC)ccc21. The zero-order chi connectivity index (χ0) is 22.9. The largest absolute Gasteiger partial charge is 0.497 e. The fourth-order valence-corrected chi connectivity index (χ4v) is 6.58. The number of allylic oxidation sites excluding steroid dienone is 1. The Balaban J connectivity index is 1.72. The van der Waals surface area contributed by atoms with Gasteiger partial charge in [0.05, 0.1) is 22.2 Å². The molecule has 2 heterocycles. The number of aryl methyl sites for hydroxylation is 1. The topological polar surface area (TPSA) is 81.0 Å². The first-order chi connectivity index (χ1) is 15.3. The van der Waals surface area contributed by atoms with E-state index < -0.39 is 22.0 Å². The van der Waals surface area contributed by atoms with Gasteiger partial charge in [0.2, 0.25) is 10.0 Å². The first-order valence-corrected chi connectivity index (χ1v) is 12.6. The number of carbonyl (C=O) groups is 1. The summed E-state index contributed by atoms with van der Waals surface area (Å²) in [6.45, 7) is 6.49. The first kappa shape index (κ1) is 22.4. The third kappa shape index (κ3) is 4.15. The van der Waals surface area contributed by atoms with Crippen molar-refractivity contribution < 1.29 is 17.9 Å². The molecule has 0 saturated carbocycles. The van der Waals surface area contributed by atoms with Crippen LogP contribution < -0.4 is 9.54 Å². The molecule has 1 unspecified atom stereocenters. The van der Waals surface area contributed by atoms with Crippen LogP contribution in [0.3, 0.4) is 0 Å². The highest BCUT2D eigenvalue weighted by Gasteiger charge is 2.39. The van der Waals surface area contributed by atoms with Gasteiger partial charge in [-0.1, -0.05) is 35.1 Å². The lowest BCUT2D eigenvalue weighted by Crippen LogP contribution is -2.40. The van der Waals surface area contributed by atoms with Crippen LogP contribution in [0.1, 0.15) is 18.4 Å². The van der Waals surface area contributed by atoms with Crippen molar-refractivity contribution in [1.29, 1.82) is 0 Å². The summed E-state index contributed by atoms with van der Waals surface area (Å²) in [6, 6.07) is 11.5. The van der Waals surface area contributed by atoms with Gasteiger partial charge in [-0.05, 0) is 50.1 Å². The number of nitrogens with zero attached hydrogens (tertiary/aromatic N) is 3. The van der Waals surface area contributed by atoms with Crippen molar-refractivity contribution in [3.05, 3.63) is 65.5 Å².